The maximum Gasteiger partial charge on any atom is 0.276 e. The molecule has 1 aromatic rings. The predicted octanol–water partition coefficient (Wildman–Crippen LogP) is 0.961. The number of nitrogens with one attached hydrogen (secondary N) is 1. The Morgan fingerprint density at radius 1 is 1.33 bits per heavy atom. The van der Waals surface area contributed by atoms with Crippen molar-refractivity contribution in [1.82, 2.24) is 20.1 Å². The molecular weight excluding hydrogens is 348 g/mol. The highest BCUT2D eigenvalue weighted by molar-refractivity contribution is 5.93. The molecular formula is C19H26N4O4. The largest absolute Gasteiger partial charge is 0.448 e. The van der Waals surface area contributed by atoms with Gasteiger partial charge in [-0.05, 0) is 38.0 Å². The van der Waals surface area contributed by atoms with Gasteiger partial charge in [0.15, 0.2) is 12.1 Å². The average molecular weight is 374 g/mol. The molecule has 4 atom stereocenters. The van der Waals surface area contributed by atoms with Gasteiger partial charge < -0.3 is 19.5 Å². The van der Waals surface area contributed by atoms with Crippen molar-refractivity contribution in [1.29, 1.82) is 0 Å². The second kappa shape index (κ2) is 6.98. The Morgan fingerprint density at radius 2 is 2.11 bits per heavy atom. The fourth-order valence-electron chi connectivity index (χ4n) is 5.11. The van der Waals surface area contributed by atoms with Crippen molar-refractivity contribution >= 4 is 17.7 Å². The first-order valence-corrected chi connectivity index (χ1v) is 9.70. The SMILES string of the molecule is CC(=O)NC[C@H]1[C@H]2C[C@H](CN(C(=O)c3ncoc3C)C2)[C@@H]2CCCC(=O)N21. The Kier molecular flexibility index (Phi) is 4.65. The Morgan fingerprint density at radius 3 is 2.81 bits per heavy atom. The quantitative estimate of drug-likeness (QED) is 0.850. The van der Waals surface area contributed by atoms with Crippen molar-refractivity contribution in [2.24, 2.45) is 11.8 Å². The van der Waals surface area contributed by atoms with Crippen molar-refractivity contribution in [2.45, 2.75) is 51.6 Å². The second-order valence-electron chi connectivity index (χ2n) is 7.99. The Bertz CT molecular complexity index is 761. The highest BCUT2D eigenvalue weighted by Crippen LogP contribution is 2.41. The zero-order valence-corrected chi connectivity index (χ0v) is 15.8. The van der Waals surface area contributed by atoms with E-state index in [2.05, 4.69) is 10.3 Å². The predicted molar refractivity (Wildman–Crippen MR) is 95.7 cm³/mol. The van der Waals surface area contributed by atoms with Crippen LogP contribution in [0.2, 0.25) is 0 Å². The van der Waals surface area contributed by atoms with Crippen LogP contribution in [0.5, 0.6) is 0 Å². The van der Waals surface area contributed by atoms with Crippen LogP contribution in [0.25, 0.3) is 0 Å². The first-order valence-electron chi connectivity index (χ1n) is 9.70. The number of hydrogen-bond acceptors (Lipinski definition) is 5. The lowest BCUT2D eigenvalue weighted by atomic mass is 9.72. The molecule has 146 valence electrons. The standard InChI is InChI=1S/C19H26N4O4/c1-11-18(21-10-27-11)19(26)22-8-13-6-14(9-22)16(7-20-12(2)24)23-15(13)4-3-5-17(23)25/h10,13-16H,3-9H2,1-2H3,(H,20,24)/t13-,14+,15+,16+/m1/s1. The molecule has 3 amide bonds. The van der Waals surface area contributed by atoms with Gasteiger partial charge >= 0.3 is 0 Å². The molecule has 27 heavy (non-hydrogen) atoms. The van der Waals surface area contributed by atoms with Crippen molar-refractivity contribution in [3.63, 3.8) is 0 Å². The van der Waals surface area contributed by atoms with E-state index in [1.54, 1.807) is 6.92 Å². The number of carbonyl (C=O) groups is 3. The molecule has 0 saturated carbocycles. The van der Waals surface area contributed by atoms with E-state index in [1.807, 2.05) is 9.80 Å². The lowest BCUT2D eigenvalue weighted by Crippen LogP contribution is -2.67. The van der Waals surface area contributed by atoms with Crippen molar-refractivity contribution in [3.8, 4) is 0 Å². The molecule has 3 fully saturated rings. The van der Waals surface area contributed by atoms with E-state index in [4.69, 9.17) is 4.42 Å². The topological polar surface area (TPSA) is 95.7 Å². The van der Waals surface area contributed by atoms with E-state index in [9.17, 15) is 14.4 Å². The van der Waals surface area contributed by atoms with Crippen molar-refractivity contribution in [2.75, 3.05) is 19.6 Å². The summed E-state index contributed by atoms with van der Waals surface area (Å²) in [6.45, 7) is 4.89. The van der Waals surface area contributed by atoms with Gasteiger partial charge in [-0.25, -0.2) is 4.98 Å². The van der Waals surface area contributed by atoms with Gasteiger partial charge in [0.05, 0.1) is 6.04 Å². The summed E-state index contributed by atoms with van der Waals surface area (Å²) < 4.78 is 5.20. The van der Waals surface area contributed by atoms with Crippen LogP contribution in [0.15, 0.2) is 10.8 Å². The minimum absolute atomic E-state index is 0.0584. The van der Waals surface area contributed by atoms with E-state index in [1.165, 1.54) is 13.3 Å². The molecule has 0 radical (unpaired) electrons. The molecule has 0 aromatic carbocycles. The minimum atomic E-state index is -0.107. The first kappa shape index (κ1) is 18.0. The van der Waals surface area contributed by atoms with E-state index in [-0.39, 0.29) is 41.6 Å². The van der Waals surface area contributed by atoms with E-state index < -0.39 is 0 Å². The normalized spacial score (nSPS) is 30.1. The maximum absolute atomic E-state index is 13.0. The van der Waals surface area contributed by atoms with E-state index in [0.717, 1.165) is 19.3 Å². The maximum atomic E-state index is 13.0. The number of oxazole rings is 1. The number of rotatable bonds is 3. The number of aromatic nitrogens is 1. The van der Waals surface area contributed by atoms with Crippen LogP contribution in [0, 0.1) is 18.8 Å². The summed E-state index contributed by atoms with van der Waals surface area (Å²) in [4.78, 5) is 45.1. The molecule has 4 rings (SSSR count). The fourth-order valence-corrected chi connectivity index (χ4v) is 5.11. The highest BCUT2D eigenvalue weighted by Gasteiger charge is 2.50. The van der Waals surface area contributed by atoms with Gasteiger partial charge in [0, 0.05) is 39.0 Å². The Labute approximate surface area is 158 Å². The summed E-state index contributed by atoms with van der Waals surface area (Å²) in [6.07, 6.45) is 4.72. The molecule has 8 nitrogen and oxygen atoms in total. The zero-order chi connectivity index (χ0) is 19.1. The minimum Gasteiger partial charge on any atom is -0.448 e. The van der Waals surface area contributed by atoms with Gasteiger partial charge in [-0.3, -0.25) is 14.4 Å². The molecule has 3 aliphatic heterocycles. The third-order valence-electron chi connectivity index (χ3n) is 6.29. The van der Waals surface area contributed by atoms with Crippen LogP contribution in [0.4, 0.5) is 0 Å². The summed E-state index contributed by atoms with van der Waals surface area (Å²) in [5.74, 6) is 0.941. The van der Waals surface area contributed by atoms with Gasteiger partial charge in [-0.15, -0.1) is 0 Å². The number of nitrogens with zero attached hydrogens (tertiary/aromatic N) is 3. The first-order chi connectivity index (χ1) is 13.0. The molecule has 4 heterocycles. The molecule has 2 bridgehead atoms. The summed E-state index contributed by atoms with van der Waals surface area (Å²) in [5.41, 5.74) is 0.366. The molecule has 1 N–H and O–H groups in total. The molecule has 0 unspecified atom stereocenters. The Hall–Kier alpha value is -2.38. The highest BCUT2D eigenvalue weighted by atomic mass is 16.3. The molecule has 0 aliphatic carbocycles. The van der Waals surface area contributed by atoms with Crippen LogP contribution >= 0.6 is 0 Å². The summed E-state index contributed by atoms with van der Waals surface area (Å²) in [7, 11) is 0. The second-order valence-corrected chi connectivity index (χ2v) is 7.99. The van der Waals surface area contributed by atoms with Crippen LogP contribution in [0.1, 0.15) is 48.9 Å². The van der Waals surface area contributed by atoms with Gasteiger partial charge in [0.2, 0.25) is 11.8 Å². The van der Waals surface area contributed by atoms with Gasteiger partial charge in [-0.1, -0.05) is 0 Å². The summed E-state index contributed by atoms with van der Waals surface area (Å²) in [5, 5.41) is 2.89. The van der Waals surface area contributed by atoms with E-state index >= 15 is 0 Å². The monoisotopic (exact) mass is 374 g/mol. The Balaban J connectivity index is 1.59. The van der Waals surface area contributed by atoms with Crippen LogP contribution in [-0.2, 0) is 9.59 Å². The fraction of sp³-hybridized carbons (Fsp3) is 0.684. The lowest BCUT2D eigenvalue weighted by molar-refractivity contribution is -0.151. The van der Waals surface area contributed by atoms with Gasteiger partial charge in [-0.2, -0.15) is 0 Å². The smallest absolute Gasteiger partial charge is 0.276 e. The lowest BCUT2D eigenvalue weighted by Gasteiger charge is -2.56. The number of piperidine rings is 3. The zero-order valence-electron chi connectivity index (χ0n) is 15.8. The number of hydrogen-bond donors (Lipinski definition) is 1. The number of likely N-dealkylation sites (tertiary alicyclic amines) is 1. The molecule has 8 heteroatoms. The van der Waals surface area contributed by atoms with Crippen molar-refractivity contribution < 1.29 is 18.8 Å². The van der Waals surface area contributed by atoms with Crippen molar-refractivity contribution in [3.05, 3.63) is 17.8 Å². The number of aryl methyl sites for hydroxylation is 1. The average Bonchev–Trinajstić information content (AvgIpc) is 3.07. The molecule has 3 aliphatic rings. The third kappa shape index (κ3) is 3.21. The van der Waals surface area contributed by atoms with Crippen LogP contribution in [0.3, 0.4) is 0 Å². The molecule has 0 spiro atoms. The number of fused-ring (bicyclic) bond motifs is 4. The summed E-state index contributed by atoms with van der Waals surface area (Å²) in [6, 6.07) is 0.0900. The van der Waals surface area contributed by atoms with Gasteiger partial charge in [0.1, 0.15) is 5.76 Å². The van der Waals surface area contributed by atoms with Crippen LogP contribution < -0.4 is 5.32 Å². The van der Waals surface area contributed by atoms with Crippen LogP contribution in [-0.4, -0.2) is 64.2 Å². The summed E-state index contributed by atoms with van der Waals surface area (Å²) >= 11 is 0. The van der Waals surface area contributed by atoms with Gasteiger partial charge in [0.25, 0.3) is 5.91 Å². The molecule has 3 saturated heterocycles. The van der Waals surface area contributed by atoms with E-state index in [0.29, 0.717) is 37.5 Å². The number of amides is 3. The third-order valence-corrected chi connectivity index (χ3v) is 6.29. The molecule has 1 aromatic heterocycles. The number of carbonyl (C=O) groups excluding carboxylic acids is 3.